The molecule has 118 valence electrons. The summed E-state index contributed by atoms with van der Waals surface area (Å²) in [5.41, 5.74) is 0.919. The summed E-state index contributed by atoms with van der Waals surface area (Å²) >= 11 is 0. The number of alkyl halides is 2. The van der Waals surface area contributed by atoms with E-state index >= 15 is 0 Å². The number of rotatable bonds is 6. The molecule has 22 heavy (non-hydrogen) atoms. The standard InChI is InChI=1S/C14H17F2N5O/c1-20(2)14-18-6-10(7-19-14)9-21(3)12-5-4-11(8-17-12)22-13(15)16/h4-8,13H,9H2,1-3H3. The van der Waals surface area contributed by atoms with Crippen molar-refractivity contribution in [2.75, 3.05) is 30.9 Å². The molecule has 0 bridgehead atoms. The molecule has 0 radical (unpaired) electrons. The quantitative estimate of drug-likeness (QED) is 0.815. The molecule has 0 unspecified atom stereocenters. The van der Waals surface area contributed by atoms with Gasteiger partial charge < -0.3 is 14.5 Å². The first kappa shape index (κ1) is 15.9. The van der Waals surface area contributed by atoms with Crippen molar-refractivity contribution in [3.05, 3.63) is 36.3 Å². The predicted molar refractivity (Wildman–Crippen MR) is 79.3 cm³/mol. The molecule has 0 atom stereocenters. The second-order valence-electron chi connectivity index (χ2n) is 4.87. The smallest absolute Gasteiger partial charge is 0.387 e. The predicted octanol–water partition coefficient (Wildman–Crippen LogP) is 2.18. The molecule has 2 aromatic heterocycles. The number of hydrogen-bond donors (Lipinski definition) is 0. The third kappa shape index (κ3) is 4.24. The zero-order chi connectivity index (χ0) is 16.1. The lowest BCUT2D eigenvalue weighted by molar-refractivity contribution is -0.0500. The molecule has 8 heteroatoms. The van der Waals surface area contributed by atoms with Gasteiger partial charge >= 0.3 is 6.61 Å². The molecule has 0 aliphatic carbocycles. The Morgan fingerprint density at radius 2 is 1.73 bits per heavy atom. The van der Waals surface area contributed by atoms with Gasteiger partial charge in [0.05, 0.1) is 6.20 Å². The first-order valence-electron chi connectivity index (χ1n) is 6.56. The highest BCUT2D eigenvalue weighted by molar-refractivity contribution is 5.40. The molecule has 0 aliphatic rings. The Morgan fingerprint density at radius 1 is 1.05 bits per heavy atom. The van der Waals surface area contributed by atoms with E-state index in [1.807, 2.05) is 30.9 Å². The zero-order valence-corrected chi connectivity index (χ0v) is 12.6. The first-order valence-corrected chi connectivity index (χ1v) is 6.56. The minimum Gasteiger partial charge on any atom is -0.433 e. The van der Waals surface area contributed by atoms with Gasteiger partial charge in [-0.15, -0.1) is 0 Å². The van der Waals surface area contributed by atoms with Gasteiger partial charge in [-0.25, -0.2) is 15.0 Å². The van der Waals surface area contributed by atoms with Crippen molar-refractivity contribution < 1.29 is 13.5 Å². The lowest BCUT2D eigenvalue weighted by Gasteiger charge is -2.18. The van der Waals surface area contributed by atoms with Gasteiger partial charge in [-0.05, 0) is 12.1 Å². The largest absolute Gasteiger partial charge is 0.433 e. The van der Waals surface area contributed by atoms with Crippen molar-refractivity contribution in [2.45, 2.75) is 13.2 Å². The number of halogens is 2. The molecule has 2 heterocycles. The molecule has 0 N–H and O–H groups in total. The van der Waals surface area contributed by atoms with E-state index in [0.29, 0.717) is 18.3 Å². The van der Waals surface area contributed by atoms with Crippen molar-refractivity contribution in [2.24, 2.45) is 0 Å². The number of aromatic nitrogens is 3. The normalized spacial score (nSPS) is 10.6. The van der Waals surface area contributed by atoms with Gasteiger partial charge in [0.1, 0.15) is 11.6 Å². The van der Waals surface area contributed by atoms with Gasteiger partial charge in [-0.2, -0.15) is 8.78 Å². The Morgan fingerprint density at radius 3 is 2.23 bits per heavy atom. The van der Waals surface area contributed by atoms with Crippen molar-refractivity contribution in [3.63, 3.8) is 0 Å². The molecule has 0 saturated heterocycles. The van der Waals surface area contributed by atoms with Gasteiger partial charge in [-0.1, -0.05) is 0 Å². The molecule has 2 aromatic rings. The van der Waals surface area contributed by atoms with Gasteiger partial charge in [0, 0.05) is 45.6 Å². The monoisotopic (exact) mass is 309 g/mol. The molecule has 0 aliphatic heterocycles. The second kappa shape index (κ2) is 6.97. The molecule has 0 spiro atoms. The number of hydrogen-bond acceptors (Lipinski definition) is 6. The lowest BCUT2D eigenvalue weighted by atomic mass is 10.3. The number of pyridine rings is 1. The average molecular weight is 309 g/mol. The molecule has 2 rings (SSSR count). The van der Waals surface area contributed by atoms with Gasteiger partial charge in [0.2, 0.25) is 5.95 Å². The Hall–Kier alpha value is -2.51. The topological polar surface area (TPSA) is 54.4 Å². The van der Waals surface area contributed by atoms with Crippen molar-refractivity contribution in [3.8, 4) is 5.75 Å². The van der Waals surface area contributed by atoms with E-state index in [4.69, 9.17) is 0 Å². The Labute approximate surface area is 127 Å². The van der Waals surface area contributed by atoms with Crippen LogP contribution in [0.1, 0.15) is 5.56 Å². The van der Waals surface area contributed by atoms with E-state index in [-0.39, 0.29) is 5.75 Å². The van der Waals surface area contributed by atoms with Crippen LogP contribution in [0.4, 0.5) is 20.5 Å². The lowest BCUT2D eigenvalue weighted by Crippen LogP contribution is -2.19. The van der Waals surface area contributed by atoms with Crippen molar-refractivity contribution in [1.82, 2.24) is 15.0 Å². The summed E-state index contributed by atoms with van der Waals surface area (Å²) < 4.78 is 28.4. The third-order valence-electron chi connectivity index (χ3n) is 2.85. The second-order valence-corrected chi connectivity index (χ2v) is 4.87. The van der Waals surface area contributed by atoms with Crippen LogP contribution in [-0.2, 0) is 6.54 Å². The summed E-state index contributed by atoms with van der Waals surface area (Å²) in [5, 5.41) is 0. The van der Waals surface area contributed by atoms with Gasteiger partial charge in [0.25, 0.3) is 0 Å². The fourth-order valence-electron chi connectivity index (χ4n) is 1.79. The van der Waals surface area contributed by atoms with E-state index < -0.39 is 6.61 Å². The molecule has 0 fully saturated rings. The van der Waals surface area contributed by atoms with Crippen LogP contribution in [0, 0.1) is 0 Å². The summed E-state index contributed by atoms with van der Waals surface area (Å²) in [6, 6.07) is 3.07. The van der Waals surface area contributed by atoms with Crippen molar-refractivity contribution in [1.29, 1.82) is 0 Å². The molecule has 0 amide bonds. The summed E-state index contributed by atoms with van der Waals surface area (Å²) in [7, 11) is 5.58. The molecule has 0 aromatic carbocycles. The number of nitrogens with zero attached hydrogens (tertiary/aromatic N) is 5. The van der Waals surface area contributed by atoms with E-state index in [2.05, 4.69) is 19.7 Å². The summed E-state index contributed by atoms with van der Waals surface area (Å²) in [4.78, 5) is 16.2. The highest BCUT2D eigenvalue weighted by Gasteiger charge is 2.08. The van der Waals surface area contributed by atoms with Crippen LogP contribution in [0.2, 0.25) is 0 Å². The fourth-order valence-corrected chi connectivity index (χ4v) is 1.79. The van der Waals surface area contributed by atoms with Gasteiger partial charge in [-0.3, -0.25) is 0 Å². The van der Waals surface area contributed by atoms with Crippen LogP contribution in [0.5, 0.6) is 5.75 Å². The van der Waals surface area contributed by atoms with E-state index in [9.17, 15) is 8.78 Å². The SMILES string of the molecule is CN(C)c1ncc(CN(C)c2ccc(OC(F)F)cn2)cn1. The van der Waals surface area contributed by atoms with E-state index in [1.165, 1.54) is 12.3 Å². The maximum atomic E-state index is 12.1. The molecular weight excluding hydrogens is 292 g/mol. The van der Waals surface area contributed by atoms with Gasteiger partial charge in [0.15, 0.2) is 0 Å². The minimum absolute atomic E-state index is 0.0332. The zero-order valence-electron chi connectivity index (χ0n) is 12.6. The minimum atomic E-state index is -2.85. The summed E-state index contributed by atoms with van der Waals surface area (Å²) in [6.07, 6.45) is 4.75. The first-order chi connectivity index (χ1) is 10.5. The number of anilines is 2. The summed E-state index contributed by atoms with van der Waals surface area (Å²) in [6.45, 7) is -2.30. The molecule has 0 saturated carbocycles. The van der Waals surface area contributed by atoms with Crippen LogP contribution in [0.3, 0.4) is 0 Å². The summed E-state index contributed by atoms with van der Waals surface area (Å²) in [5.74, 6) is 1.31. The van der Waals surface area contributed by atoms with E-state index in [0.717, 1.165) is 5.56 Å². The maximum absolute atomic E-state index is 12.1. The van der Waals surface area contributed by atoms with Crippen LogP contribution in [0.15, 0.2) is 30.7 Å². The molecule has 6 nitrogen and oxygen atoms in total. The van der Waals surface area contributed by atoms with Crippen LogP contribution < -0.4 is 14.5 Å². The third-order valence-corrected chi connectivity index (χ3v) is 2.85. The Balaban J connectivity index is 2.00. The van der Waals surface area contributed by atoms with Crippen LogP contribution in [-0.4, -0.2) is 42.7 Å². The maximum Gasteiger partial charge on any atom is 0.387 e. The number of ether oxygens (including phenoxy) is 1. The highest BCUT2D eigenvalue weighted by Crippen LogP contribution is 2.18. The van der Waals surface area contributed by atoms with Crippen LogP contribution >= 0.6 is 0 Å². The fraction of sp³-hybridized carbons (Fsp3) is 0.357. The highest BCUT2D eigenvalue weighted by atomic mass is 19.3. The van der Waals surface area contributed by atoms with Crippen molar-refractivity contribution >= 4 is 11.8 Å². The molecular formula is C14H17F2N5O. The van der Waals surface area contributed by atoms with E-state index in [1.54, 1.807) is 18.5 Å². The Bertz CT molecular complexity index is 589. The van der Waals surface area contributed by atoms with Crippen LogP contribution in [0.25, 0.3) is 0 Å². The average Bonchev–Trinajstić information content (AvgIpc) is 2.48. The Kier molecular flexibility index (Phi) is 5.03.